The zero-order valence-corrected chi connectivity index (χ0v) is 17.2. The number of carbonyl (C=O) groups is 2. The van der Waals surface area contributed by atoms with Gasteiger partial charge in [-0.3, -0.25) is 4.79 Å². The maximum Gasteiger partial charge on any atom is 0.333 e. The summed E-state index contributed by atoms with van der Waals surface area (Å²) >= 11 is 12.2. The van der Waals surface area contributed by atoms with Crippen LogP contribution in [0.5, 0.6) is 5.75 Å². The quantitative estimate of drug-likeness (QED) is 0.602. The molecule has 2 aromatic carbocycles. The van der Waals surface area contributed by atoms with Gasteiger partial charge in [-0.15, -0.1) is 0 Å². The Morgan fingerprint density at radius 2 is 1.71 bits per heavy atom. The Hall–Kier alpha value is -2.08. The van der Waals surface area contributed by atoms with Crippen molar-refractivity contribution < 1.29 is 24.2 Å². The van der Waals surface area contributed by atoms with Crippen molar-refractivity contribution in [3.05, 3.63) is 63.6 Å². The summed E-state index contributed by atoms with van der Waals surface area (Å²) in [5, 5.41) is 10.2. The minimum absolute atomic E-state index is 0.0709. The van der Waals surface area contributed by atoms with Gasteiger partial charge in [0.25, 0.3) is 0 Å². The summed E-state index contributed by atoms with van der Waals surface area (Å²) in [4.78, 5) is 23.6. The Bertz CT molecular complexity index is 815. The molecule has 5 nitrogen and oxygen atoms in total. The summed E-state index contributed by atoms with van der Waals surface area (Å²) in [6, 6.07) is 12.0. The topological polar surface area (TPSA) is 72.8 Å². The number of aliphatic carboxylic acids is 1. The normalized spacial score (nSPS) is 12.0. The molecule has 2 aromatic rings. The van der Waals surface area contributed by atoms with Crippen LogP contribution >= 0.6 is 23.2 Å². The van der Waals surface area contributed by atoms with Crippen molar-refractivity contribution in [1.29, 1.82) is 0 Å². The summed E-state index contributed by atoms with van der Waals surface area (Å²) in [6.07, 6.45) is -0.871. The molecule has 0 bridgehead atoms. The van der Waals surface area contributed by atoms with Gasteiger partial charge < -0.3 is 14.6 Å². The highest BCUT2D eigenvalue weighted by atomic mass is 35.5. The van der Waals surface area contributed by atoms with Crippen LogP contribution in [0.2, 0.25) is 10.0 Å². The molecular formula is C21H22Cl2O5. The number of carboxylic acid groups (broad SMARTS) is 1. The number of hydrogen-bond acceptors (Lipinski definition) is 4. The maximum atomic E-state index is 12.2. The number of Topliss-reactive ketones (excluding diaryl/α,β-unsaturated/α-hetero) is 1. The lowest BCUT2D eigenvalue weighted by Gasteiger charge is -2.17. The molecule has 0 aromatic heterocycles. The minimum Gasteiger partial charge on any atom is -0.486 e. The van der Waals surface area contributed by atoms with E-state index < -0.39 is 12.1 Å². The lowest BCUT2D eigenvalue weighted by Crippen LogP contribution is -2.29. The van der Waals surface area contributed by atoms with E-state index in [4.69, 9.17) is 32.7 Å². The molecular weight excluding hydrogens is 403 g/mol. The summed E-state index contributed by atoms with van der Waals surface area (Å²) in [5.41, 5.74) is 1.32. The summed E-state index contributed by atoms with van der Waals surface area (Å²) in [5.74, 6) is -0.719. The third-order valence-corrected chi connectivity index (χ3v) is 4.58. The largest absolute Gasteiger partial charge is 0.486 e. The van der Waals surface area contributed by atoms with Crippen LogP contribution in [0.1, 0.15) is 25.0 Å². The van der Waals surface area contributed by atoms with Gasteiger partial charge in [0.05, 0.1) is 6.10 Å². The fourth-order valence-electron chi connectivity index (χ4n) is 2.61. The average molecular weight is 425 g/mol. The van der Waals surface area contributed by atoms with Gasteiger partial charge in [-0.2, -0.15) is 0 Å². The van der Waals surface area contributed by atoms with E-state index in [0.29, 0.717) is 21.4 Å². The molecule has 28 heavy (non-hydrogen) atoms. The second-order valence-electron chi connectivity index (χ2n) is 6.57. The fraction of sp³-hybridized carbons (Fsp3) is 0.333. The molecule has 0 amide bonds. The number of ketones is 1. The molecule has 1 N–H and O–H groups in total. The zero-order valence-electron chi connectivity index (χ0n) is 15.7. The molecule has 0 radical (unpaired) electrons. The first-order chi connectivity index (χ1) is 13.3. The number of carboxylic acids is 1. The third-order valence-electron chi connectivity index (χ3n) is 3.87. The number of rotatable bonds is 10. The lowest BCUT2D eigenvalue weighted by molar-refractivity contribution is -0.153. The molecule has 0 fully saturated rings. The van der Waals surface area contributed by atoms with E-state index in [2.05, 4.69) is 0 Å². The number of ether oxygens (including phenoxy) is 2. The molecule has 0 aliphatic heterocycles. The summed E-state index contributed by atoms with van der Waals surface area (Å²) < 4.78 is 11.0. The molecule has 1 unspecified atom stereocenters. The van der Waals surface area contributed by atoms with Gasteiger partial charge in [0, 0.05) is 22.9 Å². The van der Waals surface area contributed by atoms with Gasteiger partial charge in [-0.25, -0.2) is 4.79 Å². The SMILES string of the molecule is CC(C)OC(Cc1cccc(OCC(=O)Cc2c(Cl)cccc2Cl)c1)C(=O)O. The van der Waals surface area contributed by atoms with Crippen LogP contribution in [0.25, 0.3) is 0 Å². The van der Waals surface area contributed by atoms with Crippen molar-refractivity contribution in [2.75, 3.05) is 6.61 Å². The Labute approximate surface area is 174 Å². The van der Waals surface area contributed by atoms with Crippen LogP contribution in [0.15, 0.2) is 42.5 Å². The van der Waals surface area contributed by atoms with Crippen molar-refractivity contribution in [3.63, 3.8) is 0 Å². The second kappa shape index (κ2) is 10.5. The minimum atomic E-state index is -1.02. The summed E-state index contributed by atoms with van der Waals surface area (Å²) in [7, 11) is 0. The van der Waals surface area contributed by atoms with Crippen molar-refractivity contribution >= 4 is 35.0 Å². The number of benzene rings is 2. The van der Waals surface area contributed by atoms with Crippen LogP contribution in [0.4, 0.5) is 0 Å². The van der Waals surface area contributed by atoms with Gasteiger partial charge in [0.15, 0.2) is 11.9 Å². The van der Waals surface area contributed by atoms with E-state index in [9.17, 15) is 14.7 Å². The Morgan fingerprint density at radius 3 is 2.32 bits per heavy atom. The molecule has 0 aliphatic rings. The lowest BCUT2D eigenvalue weighted by atomic mass is 10.1. The predicted octanol–water partition coefficient (Wildman–Crippen LogP) is 4.60. The third kappa shape index (κ3) is 6.82. The second-order valence-corrected chi connectivity index (χ2v) is 7.38. The Kier molecular flexibility index (Phi) is 8.30. The van der Waals surface area contributed by atoms with E-state index in [1.54, 1.807) is 56.3 Å². The monoisotopic (exact) mass is 424 g/mol. The van der Waals surface area contributed by atoms with Crippen LogP contribution in [0, 0.1) is 0 Å². The van der Waals surface area contributed by atoms with Gasteiger partial charge in [0.1, 0.15) is 12.4 Å². The van der Waals surface area contributed by atoms with E-state index in [-0.39, 0.29) is 31.3 Å². The average Bonchev–Trinajstić information content (AvgIpc) is 2.62. The maximum absolute atomic E-state index is 12.2. The van der Waals surface area contributed by atoms with Crippen LogP contribution < -0.4 is 4.74 Å². The molecule has 7 heteroatoms. The van der Waals surface area contributed by atoms with Crippen LogP contribution in [-0.4, -0.2) is 35.7 Å². The Balaban J connectivity index is 1.97. The Morgan fingerprint density at radius 1 is 1.07 bits per heavy atom. The van der Waals surface area contributed by atoms with E-state index >= 15 is 0 Å². The first kappa shape index (κ1) is 22.2. The number of hydrogen-bond donors (Lipinski definition) is 1. The van der Waals surface area contributed by atoms with Gasteiger partial charge in [-0.1, -0.05) is 41.4 Å². The fourth-order valence-corrected chi connectivity index (χ4v) is 3.14. The highest BCUT2D eigenvalue weighted by Gasteiger charge is 2.20. The smallest absolute Gasteiger partial charge is 0.333 e. The van der Waals surface area contributed by atoms with Crippen molar-refractivity contribution in [3.8, 4) is 5.75 Å². The summed E-state index contributed by atoms with van der Waals surface area (Å²) in [6.45, 7) is 3.43. The zero-order chi connectivity index (χ0) is 20.7. The predicted molar refractivity (Wildman–Crippen MR) is 108 cm³/mol. The number of carbonyl (C=O) groups excluding carboxylic acids is 1. The van der Waals surface area contributed by atoms with Crippen LogP contribution in [-0.2, 0) is 27.2 Å². The molecule has 2 rings (SSSR count). The molecule has 1 atom stereocenters. The van der Waals surface area contributed by atoms with E-state index in [1.165, 1.54) is 0 Å². The molecule has 0 saturated carbocycles. The van der Waals surface area contributed by atoms with Crippen molar-refractivity contribution in [2.45, 2.75) is 38.9 Å². The molecule has 150 valence electrons. The molecule has 0 saturated heterocycles. The molecule has 0 heterocycles. The highest BCUT2D eigenvalue weighted by molar-refractivity contribution is 6.36. The van der Waals surface area contributed by atoms with E-state index in [0.717, 1.165) is 5.56 Å². The van der Waals surface area contributed by atoms with Gasteiger partial charge in [-0.05, 0) is 49.2 Å². The van der Waals surface area contributed by atoms with Gasteiger partial charge >= 0.3 is 5.97 Å². The van der Waals surface area contributed by atoms with Crippen molar-refractivity contribution in [2.24, 2.45) is 0 Å². The molecule has 0 spiro atoms. The van der Waals surface area contributed by atoms with Crippen LogP contribution in [0.3, 0.4) is 0 Å². The molecule has 0 aliphatic carbocycles. The standard InChI is InChI=1S/C21H22Cl2O5/c1-13(2)28-20(21(25)26)10-14-5-3-6-16(9-14)27-12-15(24)11-17-18(22)7-4-8-19(17)23/h3-9,13,20H,10-12H2,1-2H3,(H,25,26). The first-order valence-corrected chi connectivity index (χ1v) is 9.56. The van der Waals surface area contributed by atoms with Crippen molar-refractivity contribution in [1.82, 2.24) is 0 Å². The first-order valence-electron chi connectivity index (χ1n) is 8.81. The van der Waals surface area contributed by atoms with E-state index in [1.807, 2.05) is 0 Å². The number of halogens is 2. The highest BCUT2D eigenvalue weighted by Crippen LogP contribution is 2.25. The van der Waals surface area contributed by atoms with Gasteiger partial charge in [0.2, 0.25) is 0 Å².